The first kappa shape index (κ1) is 20.4. The van der Waals surface area contributed by atoms with Crippen LogP contribution in [0.2, 0.25) is 0 Å². The highest BCUT2D eigenvalue weighted by molar-refractivity contribution is 9.10. The van der Waals surface area contributed by atoms with Crippen molar-refractivity contribution in [1.29, 1.82) is 0 Å². The largest absolute Gasteiger partial charge is 0.489 e. The van der Waals surface area contributed by atoms with Crippen molar-refractivity contribution in [1.82, 2.24) is 4.98 Å². The van der Waals surface area contributed by atoms with Crippen LogP contribution in [0, 0.1) is 11.6 Å². The van der Waals surface area contributed by atoms with E-state index in [0.717, 1.165) is 21.1 Å². The zero-order valence-electron chi connectivity index (χ0n) is 14.9. The van der Waals surface area contributed by atoms with E-state index >= 15 is 0 Å². The van der Waals surface area contributed by atoms with Crippen molar-refractivity contribution < 1.29 is 23.0 Å². The van der Waals surface area contributed by atoms with Gasteiger partial charge < -0.3 is 9.47 Å². The fraction of sp³-hybridized carbons (Fsp3) is 0.200. The molecule has 3 aromatic rings. The van der Waals surface area contributed by atoms with Crippen LogP contribution < -0.4 is 4.74 Å². The van der Waals surface area contributed by atoms with Gasteiger partial charge in [-0.15, -0.1) is 11.3 Å². The smallest absolute Gasteiger partial charge is 0.357 e. The van der Waals surface area contributed by atoms with Crippen LogP contribution in [-0.2, 0) is 17.8 Å². The normalized spacial score (nSPS) is 10.7. The second-order valence-corrected chi connectivity index (χ2v) is 7.66. The summed E-state index contributed by atoms with van der Waals surface area (Å²) in [6, 6.07) is 8.83. The fourth-order valence-corrected chi connectivity index (χ4v) is 3.67. The summed E-state index contributed by atoms with van der Waals surface area (Å²) in [6.07, 6.45) is 0.435. The van der Waals surface area contributed by atoms with Crippen molar-refractivity contribution in [2.45, 2.75) is 20.0 Å². The Morgan fingerprint density at radius 2 is 2.00 bits per heavy atom. The first-order valence-electron chi connectivity index (χ1n) is 8.43. The summed E-state index contributed by atoms with van der Waals surface area (Å²) in [4.78, 5) is 16.1. The summed E-state index contributed by atoms with van der Waals surface area (Å²) in [5, 5.41) is 2.37. The van der Waals surface area contributed by atoms with E-state index in [1.807, 2.05) is 12.1 Å². The van der Waals surface area contributed by atoms with Crippen LogP contribution in [0.25, 0.3) is 0 Å². The third kappa shape index (κ3) is 5.14. The fourth-order valence-electron chi connectivity index (χ4n) is 2.48. The van der Waals surface area contributed by atoms with Gasteiger partial charge in [-0.2, -0.15) is 0 Å². The third-order valence-electron chi connectivity index (χ3n) is 3.80. The zero-order valence-corrected chi connectivity index (χ0v) is 17.3. The Balaban J connectivity index is 1.76. The highest BCUT2D eigenvalue weighted by atomic mass is 79.9. The molecule has 0 aliphatic heterocycles. The molecule has 0 bridgehead atoms. The number of thiazole rings is 1. The van der Waals surface area contributed by atoms with Crippen LogP contribution in [-0.4, -0.2) is 17.6 Å². The molecule has 28 heavy (non-hydrogen) atoms. The maximum atomic E-state index is 13.8. The SMILES string of the molecule is CCOC(=O)c1csc(Cc2cc(Br)ccc2OCc2ccc(F)cc2F)n1. The van der Waals surface area contributed by atoms with Crippen molar-refractivity contribution in [2.24, 2.45) is 0 Å². The molecule has 2 aromatic carbocycles. The molecule has 4 nitrogen and oxygen atoms in total. The third-order valence-corrected chi connectivity index (χ3v) is 5.14. The zero-order chi connectivity index (χ0) is 20.1. The van der Waals surface area contributed by atoms with E-state index in [2.05, 4.69) is 20.9 Å². The number of carbonyl (C=O) groups is 1. The Kier molecular flexibility index (Phi) is 6.74. The molecule has 0 atom stereocenters. The number of rotatable bonds is 7. The first-order valence-corrected chi connectivity index (χ1v) is 10.1. The number of hydrogen-bond acceptors (Lipinski definition) is 5. The Labute approximate surface area is 173 Å². The van der Waals surface area contributed by atoms with Crippen molar-refractivity contribution in [3.8, 4) is 5.75 Å². The second kappa shape index (κ2) is 9.25. The number of hydrogen-bond donors (Lipinski definition) is 0. The number of aromatic nitrogens is 1. The van der Waals surface area contributed by atoms with Gasteiger partial charge in [-0.3, -0.25) is 0 Å². The van der Waals surface area contributed by atoms with E-state index in [0.29, 0.717) is 12.2 Å². The number of benzene rings is 2. The van der Waals surface area contributed by atoms with Gasteiger partial charge in [0.05, 0.1) is 11.6 Å². The van der Waals surface area contributed by atoms with E-state index in [1.54, 1.807) is 18.4 Å². The molecule has 0 aliphatic rings. The molecule has 0 saturated heterocycles. The van der Waals surface area contributed by atoms with Crippen LogP contribution in [0.5, 0.6) is 5.75 Å². The maximum Gasteiger partial charge on any atom is 0.357 e. The average molecular weight is 468 g/mol. The molecule has 1 heterocycles. The molecule has 0 amide bonds. The Morgan fingerprint density at radius 3 is 2.75 bits per heavy atom. The van der Waals surface area contributed by atoms with Gasteiger partial charge in [-0.05, 0) is 37.3 Å². The predicted octanol–water partition coefficient (Wildman–Crippen LogP) is 5.53. The molecule has 0 aliphatic carbocycles. The average Bonchev–Trinajstić information content (AvgIpc) is 3.11. The van der Waals surface area contributed by atoms with Gasteiger partial charge in [0.15, 0.2) is 5.69 Å². The molecule has 0 N–H and O–H groups in total. The molecular weight excluding hydrogens is 452 g/mol. The van der Waals surface area contributed by atoms with Crippen LogP contribution >= 0.6 is 27.3 Å². The summed E-state index contributed by atoms with van der Waals surface area (Å²) in [7, 11) is 0. The lowest BCUT2D eigenvalue weighted by Crippen LogP contribution is -2.05. The van der Waals surface area contributed by atoms with Crippen LogP contribution in [0.1, 0.15) is 33.5 Å². The lowest BCUT2D eigenvalue weighted by atomic mass is 10.1. The van der Waals surface area contributed by atoms with Gasteiger partial charge >= 0.3 is 5.97 Å². The van der Waals surface area contributed by atoms with Crippen LogP contribution in [0.3, 0.4) is 0 Å². The Bertz CT molecular complexity index is 993. The van der Waals surface area contributed by atoms with Crippen LogP contribution in [0.15, 0.2) is 46.3 Å². The number of esters is 1. The Morgan fingerprint density at radius 1 is 1.18 bits per heavy atom. The van der Waals surface area contributed by atoms with E-state index in [1.165, 1.54) is 23.5 Å². The lowest BCUT2D eigenvalue weighted by molar-refractivity contribution is 0.0520. The molecular formula is C20H16BrF2NO3S. The molecule has 8 heteroatoms. The molecule has 0 saturated carbocycles. The summed E-state index contributed by atoms with van der Waals surface area (Å²) in [5.41, 5.74) is 1.35. The monoisotopic (exact) mass is 467 g/mol. The lowest BCUT2D eigenvalue weighted by Gasteiger charge is -2.12. The van der Waals surface area contributed by atoms with Gasteiger partial charge in [0.25, 0.3) is 0 Å². The van der Waals surface area contributed by atoms with E-state index < -0.39 is 17.6 Å². The van der Waals surface area contributed by atoms with Crippen molar-refractivity contribution >= 4 is 33.2 Å². The van der Waals surface area contributed by atoms with Gasteiger partial charge in [0.2, 0.25) is 0 Å². The highest BCUT2D eigenvalue weighted by Crippen LogP contribution is 2.28. The minimum atomic E-state index is -0.655. The highest BCUT2D eigenvalue weighted by Gasteiger charge is 2.14. The molecule has 3 rings (SSSR count). The van der Waals surface area contributed by atoms with Crippen molar-refractivity contribution in [2.75, 3.05) is 6.61 Å². The van der Waals surface area contributed by atoms with Crippen LogP contribution in [0.4, 0.5) is 8.78 Å². The molecule has 1 aromatic heterocycles. The van der Waals surface area contributed by atoms with E-state index in [4.69, 9.17) is 9.47 Å². The van der Waals surface area contributed by atoms with Gasteiger partial charge in [0.1, 0.15) is 24.0 Å². The van der Waals surface area contributed by atoms with Gasteiger partial charge in [-0.1, -0.05) is 15.9 Å². The van der Waals surface area contributed by atoms with E-state index in [-0.39, 0.29) is 24.5 Å². The first-order chi connectivity index (χ1) is 13.5. The summed E-state index contributed by atoms with van der Waals surface area (Å²) in [5.74, 6) is -1.19. The van der Waals surface area contributed by atoms with Crippen molar-refractivity contribution in [3.63, 3.8) is 0 Å². The summed E-state index contributed by atoms with van der Waals surface area (Å²) >= 11 is 4.77. The van der Waals surface area contributed by atoms with Crippen molar-refractivity contribution in [3.05, 3.63) is 79.7 Å². The Hall–Kier alpha value is -2.32. The van der Waals surface area contributed by atoms with Gasteiger partial charge in [-0.25, -0.2) is 18.6 Å². The van der Waals surface area contributed by atoms with E-state index in [9.17, 15) is 13.6 Å². The topological polar surface area (TPSA) is 48.4 Å². The number of carbonyl (C=O) groups excluding carboxylic acids is 1. The molecule has 146 valence electrons. The number of halogens is 3. The second-order valence-electron chi connectivity index (χ2n) is 5.80. The molecule has 0 fully saturated rings. The summed E-state index contributed by atoms with van der Waals surface area (Å²) in [6.45, 7) is 1.99. The quantitative estimate of drug-likeness (QED) is 0.428. The molecule has 0 spiro atoms. The summed E-state index contributed by atoms with van der Waals surface area (Å²) < 4.78 is 38.4. The molecule has 0 unspecified atom stereocenters. The maximum absolute atomic E-state index is 13.8. The predicted molar refractivity (Wildman–Crippen MR) is 106 cm³/mol. The minimum absolute atomic E-state index is 0.0350. The molecule has 0 radical (unpaired) electrons. The number of ether oxygens (including phenoxy) is 2. The minimum Gasteiger partial charge on any atom is -0.489 e. The van der Waals surface area contributed by atoms with Gasteiger partial charge in [0, 0.05) is 33.5 Å². The standard InChI is InChI=1S/C20H16BrF2NO3S/c1-2-26-20(25)17-11-28-19(24-17)8-13-7-14(21)4-6-18(13)27-10-12-3-5-15(22)9-16(12)23/h3-7,9,11H,2,8,10H2,1H3. The number of nitrogens with zero attached hydrogens (tertiary/aromatic N) is 1.